The lowest BCUT2D eigenvalue weighted by molar-refractivity contribution is -0.132. The number of anilines is 1. The fourth-order valence-corrected chi connectivity index (χ4v) is 4.13. The van der Waals surface area contributed by atoms with Crippen LogP contribution in [0.15, 0.2) is 84.4 Å². The summed E-state index contributed by atoms with van der Waals surface area (Å²) in [5, 5.41) is 11.2. The van der Waals surface area contributed by atoms with Crippen molar-refractivity contribution in [2.75, 3.05) is 11.5 Å². The molecule has 1 fully saturated rings. The number of carbonyl (C=O) groups is 2. The van der Waals surface area contributed by atoms with Crippen LogP contribution in [-0.4, -0.2) is 23.4 Å². The Balaban J connectivity index is 1.70. The molecule has 3 aromatic carbocycles. The van der Waals surface area contributed by atoms with Crippen molar-refractivity contribution in [3.05, 3.63) is 101 Å². The van der Waals surface area contributed by atoms with Gasteiger partial charge in [0.25, 0.3) is 11.7 Å². The second kappa shape index (κ2) is 7.19. The van der Waals surface area contributed by atoms with E-state index in [1.807, 2.05) is 54.6 Å². The molecule has 5 heteroatoms. The average molecular weight is 397 g/mol. The molecule has 2 aliphatic rings. The fraction of sp³-hybridized carbons (Fsp3) is 0.120. The number of Topliss-reactive ketones (excluding diaryl/α,β-unsaturated/α-hetero) is 1. The zero-order valence-corrected chi connectivity index (χ0v) is 16.1. The summed E-state index contributed by atoms with van der Waals surface area (Å²) in [5.74, 6) is -0.728. The van der Waals surface area contributed by atoms with Crippen LogP contribution in [0.25, 0.3) is 5.76 Å². The van der Waals surface area contributed by atoms with E-state index in [9.17, 15) is 14.7 Å². The first-order valence-corrected chi connectivity index (χ1v) is 9.82. The summed E-state index contributed by atoms with van der Waals surface area (Å²) in [6, 6.07) is 23.0. The molecule has 1 amide bonds. The van der Waals surface area contributed by atoms with E-state index < -0.39 is 17.7 Å². The summed E-state index contributed by atoms with van der Waals surface area (Å²) in [6.07, 6.45) is 0.747. The lowest BCUT2D eigenvalue weighted by Crippen LogP contribution is -2.29. The van der Waals surface area contributed by atoms with Gasteiger partial charge in [0.1, 0.15) is 11.5 Å². The second-order valence-electron chi connectivity index (χ2n) is 7.34. The molecule has 1 atom stereocenters. The van der Waals surface area contributed by atoms with E-state index in [2.05, 4.69) is 0 Å². The number of amides is 1. The number of carbonyl (C=O) groups excluding carboxylic acids is 2. The van der Waals surface area contributed by atoms with Gasteiger partial charge >= 0.3 is 0 Å². The third kappa shape index (κ3) is 2.87. The molecular weight excluding hydrogens is 378 g/mol. The molecule has 30 heavy (non-hydrogen) atoms. The summed E-state index contributed by atoms with van der Waals surface area (Å²) < 4.78 is 5.54. The number of hydrogen-bond donors (Lipinski definition) is 1. The molecule has 5 nitrogen and oxygen atoms in total. The number of aliphatic hydroxyl groups is 1. The summed E-state index contributed by atoms with van der Waals surface area (Å²) in [7, 11) is 0. The number of ether oxygens (including phenoxy) is 1. The Bertz CT molecular complexity index is 1170. The van der Waals surface area contributed by atoms with Gasteiger partial charge in [-0.25, -0.2) is 0 Å². The SMILES string of the molecule is O=C1C(=O)N(c2ccccc2)C(c2ccccc2)/C1=C(/O)c1ccc2c(c1)CCO2. The number of rotatable bonds is 3. The number of hydrogen-bond acceptors (Lipinski definition) is 4. The Morgan fingerprint density at radius 2 is 1.63 bits per heavy atom. The highest BCUT2D eigenvalue weighted by Crippen LogP contribution is 2.42. The minimum atomic E-state index is -0.710. The van der Waals surface area contributed by atoms with Crippen molar-refractivity contribution in [2.24, 2.45) is 0 Å². The van der Waals surface area contributed by atoms with Crippen LogP contribution in [0.5, 0.6) is 5.75 Å². The summed E-state index contributed by atoms with van der Waals surface area (Å²) >= 11 is 0. The number of nitrogens with zero attached hydrogens (tertiary/aromatic N) is 1. The lowest BCUT2D eigenvalue weighted by atomic mass is 9.94. The molecule has 148 valence electrons. The number of aliphatic hydroxyl groups excluding tert-OH is 1. The molecule has 1 saturated heterocycles. The van der Waals surface area contributed by atoms with Crippen LogP contribution in [0.4, 0.5) is 5.69 Å². The number of ketones is 1. The molecule has 0 bridgehead atoms. The summed E-state index contributed by atoms with van der Waals surface area (Å²) in [4.78, 5) is 27.6. The number of benzene rings is 3. The largest absolute Gasteiger partial charge is 0.507 e. The Morgan fingerprint density at radius 1 is 0.933 bits per heavy atom. The maximum absolute atomic E-state index is 13.1. The van der Waals surface area contributed by atoms with E-state index in [1.54, 1.807) is 24.3 Å². The fourth-order valence-electron chi connectivity index (χ4n) is 4.13. The highest BCUT2D eigenvalue weighted by molar-refractivity contribution is 6.51. The third-order valence-electron chi connectivity index (χ3n) is 5.56. The van der Waals surface area contributed by atoms with Crippen LogP contribution >= 0.6 is 0 Å². The maximum Gasteiger partial charge on any atom is 0.300 e. The van der Waals surface area contributed by atoms with Gasteiger partial charge in [-0.1, -0.05) is 48.5 Å². The van der Waals surface area contributed by atoms with Gasteiger partial charge in [0.15, 0.2) is 0 Å². The Kier molecular flexibility index (Phi) is 4.36. The molecule has 0 aliphatic carbocycles. The van der Waals surface area contributed by atoms with E-state index in [4.69, 9.17) is 4.74 Å². The van der Waals surface area contributed by atoms with Gasteiger partial charge in [-0.3, -0.25) is 14.5 Å². The van der Waals surface area contributed by atoms with E-state index >= 15 is 0 Å². The van der Waals surface area contributed by atoms with E-state index in [0.29, 0.717) is 17.9 Å². The van der Waals surface area contributed by atoms with Gasteiger partial charge in [-0.2, -0.15) is 0 Å². The third-order valence-corrected chi connectivity index (χ3v) is 5.56. The second-order valence-corrected chi connectivity index (χ2v) is 7.34. The molecule has 1 N–H and O–H groups in total. The van der Waals surface area contributed by atoms with Crippen molar-refractivity contribution in [1.82, 2.24) is 0 Å². The van der Waals surface area contributed by atoms with Crippen LogP contribution in [0.3, 0.4) is 0 Å². The molecule has 2 aliphatic heterocycles. The first kappa shape index (κ1) is 18.2. The van der Waals surface area contributed by atoms with Gasteiger partial charge in [0, 0.05) is 17.7 Å². The van der Waals surface area contributed by atoms with Crippen molar-refractivity contribution >= 4 is 23.1 Å². The molecule has 0 saturated carbocycles. The number of fused-ring (bicyclic) bond motifs is 1. The van der Waals surface area contributed by atoms with Crippen LogP contribution < -0.4 is 9.64 Å². The predicted molar refractivity (Wildman–Crippen MR) is 113 cm³/mol. The molecule has 3 aromatic rings. The lowest BCUT2D eigenvalue weighted by Gasteiger charge is -2.25. The van der Waals surface area contributed by atoms with Crippen molar-refractivity contribution < 1.29 is 19.4 Å². The molecule has 5 rings (SSSR count). The Morgan fingerprint density at radius 3 is 2.37 bits per heavy atom. The van der Waals surface area contributed by atoms with Crippen molar-refractivity contribution in [1.29, 1.82) is 0 Å². The molecular formula is C25H19NO4. The highest BCUT2D eigenvalue weighted by Gasteiger charge is 2.46. The van der Waals surface area contributed by atoms with Crippen molar-refractivity contribution in [2.45, 2.75) is 12.5 Å². The average Bonchev–Trinajstić information content (AvgIpc) is 3.36. The van der Waals surface area contributed by atoms with Crippen LogP contribution in [-0.2, 0) is 16.0 Å². The van der Waals surface area contributed by atoms with Crippen LogP contribution in [0.1, 0.15) is 22.7 Å². The standard InChI is InChI=1S/C25H19NO4/c27-23(18-11-12-20-17(15-18)13-14-30-20)21-22(16-7-3-1-4-8-16)26(25(29)24(21)28)19-9-5-2-6-10-19/h1-12,15,22,27H,13-14H2/b23-21-. The minimum absolute atomic E-state index is 0.0916. The Labute approximate surface area is 173 Å². The quantitative estimate of drug-likeness (QED) is 0.408. The first-order chi connectivity index (χ1) is 14.6. The molecule has 2 heterocycles. The van der Waals surface area contributed by atoms with Gasteiger partial charge in [0.2, 0.25) is 0 Å². The maximum atomic E-state index is 13.1. The zero-order valence-electron chi connectivity index (χ0n) is 16.1. The summed E-state index contributed by atoms with van der Waals surface area (Å²) in [5.41, 5.74) is 2.94. The predicted octanol–water partition coefficient (Wildman–Crippen LogP) is 4.25. The van der Waals surface area contributed by atoms with Gasteiger partial charge in [0.05, 0.1) is 18.2 Å². The highest BCUT2D eigenvalue weighted by atomic mass is 16.5. The van der Waals surface area contributed by atoms with Crippen molar-refractivity contribution in [3.8, 4) is 5.75 Å². The summed E-state index contributed by atoms with van der Waals surface area (Å²) in [6.45, 7) is 0.599. The first-order valence-electron chi connectivity index (χ1n) is 9.82. The van der Waals surface area contributed by atoms with Crippen molar-refractivity contribution in [3.63, 3.8) is 0 Å². The smallest absolute Gasteiger partial charge is 0.300 e. The Hall–Kier alpha value is -3.86. The monoisotopic (exact) mass is 397 g/mol. The molecule has 0 radical (unpaired) electrons. The minimum Gasteiger partial charge on any atom is -0.507 e. The van der Waals surface area contributed by atoms with Gasteiger partial charge in [-0.15, -0.1) is 0 Å². The zero-order chi connectivity index (χ0) is 20.7. The van der Waals surface area contributed by atoms with Gasteiger partial charge in [-0.05, 0) is 41.5 Å². The van der Waals surface area contributed by atoms with E-state index in [-0.39, 0.29) is 11.3 Å². The van der Waals surface area contributed by atoms with E-state index in [1.165, 1.54) is 4.90 Å². The molecule has 1 unspecified atom stereocenters. The van der Waals surface area contributed by atoms with E-state index in [0.717, 1.165) is 23.3 Å². The van der Waals surface area contributed by atoms with Crippen LogP contribution in [0.2, 0.25) is 0 Å². The molecule has 0 aromatic heterocycles. The van der Waals surface area contributed by atoms with Crippen LogP contribution in [0, 0.1) is 0 Å². The molecule has 0 spiro atoms. The number of para-hydroxylation sites is 1. The van der Waals surface area contributed by atoms with Gasteiger partial charge < -0.3 is 9.84 Å². The topological polar surface area (TPSA) is 66.8 Å². The normalized spacial score (nSPS) is 19.6.